The number of carbonyl (C=O) groups is 1. The number of carbonyl (C=O) groups excluding carboxylic acids is 1. The Hall–Kier alpha value is -0.570. The molecule has 0 rings (SSSR count). The Morgan fingerprint density at radius 1 is 0.586 bits per heavy atom. The summed E-state index contributed by atoms with van der Waals surface area (Å²) in [6.07, 6.45) is 28.4. The van der Waals surface area contributed by atoms with Crippen LogP contribution >= 0.6 is 0 Å². The predicted octanol–water partition coefficient (Wildman–Crippen LogP) is 8.47. The summed E-state index contributed by atoms with van der Waals surface area (Å²) in [5.74, 6) is -0.402. The Kier molecular flexibility index (Phi) is 23.2. The maximum absolute atomic E-state index is 10.7. The van der Waals surface area contributed by atoms with Crippen molar-refractivity contribution in [2.24, 2.45) is 0 Å². The highest BCUT2D eigenvalue weighted by Gasteiger charge is 2.06. The molecule has 0 heterocycles. The lowest BCUT2D eigenvalue weighted by Gasteiger charge is -2.09. The van der Waals surface area contributed by atoms with E-state index in [1.54, 1.807) is 0 Å². The van der Waals surface area contributed by atoms with Gasteiger partial charge in [0.25, 0.3) is 0 Å². The van der Waals surface area contributed by atoms with Crippen molar-refractivity contribution in [3.63, 3.8) is 0 Å². The number of aliphatic hydroxyl groups excluding tert-OH is 1. The van der Waals surface area contributed by atoms with Crippen LogP contribution in [-0.4, -0.2) is 17.4 Å². The van der Waals surface area contributed by atoms with Crippen LogP contribution in [0.4, 0.5) is 0 Å². The molecule has 174 valence electrons. The molecule has 0 spiro atoms. The number of hydrogen-bond acceptors (Lipinski definition) is 3. The molecule has 0 saturated carbocycles. The number of aliphatic hydroxyl groups is 1. The van der Waals surface area contributed by atoms with Gasteiger partial charge in [-0.15, -0.1) is 0 Å². The largest absolute Gasteiger partial charge is 0.436 e. The van der Waals surface area contributed by atoms with Crippen LogP contribution in [0.3, 0.4) is 0 Å². The highest BCUT2D eigenvalue weighted by Crippen LogP contribution is 2.15. The summed E-state index contributed by atoms with van der Waals surface area (Å²) in [6, 6.07) is 0. The third kappa shape index (κ3) is 25.4. The summed E-state index contributed by atoms with van der Waals surface area (Å²) in [7, 11) is 0. The molecular weight excluding hydrogens is 360 g/mol. The molecule has 0 saturated heterocycles. The molecule has 0 bridgehead atoms. The van der Waals surface area contributed by atoms with Gasteiger partial charge >= 0.3 is 5.97 Å². The Labute approximate surface area is 182 Å². The molecule has 3 nitrogen and oxygen atoms in total. The van der Waals surface area contributed by atoms with Gasteiger partial charge in [0.15, 0.2) is 0 Å². The molecule has 3 heteroatoms. The van der Waals surface area contributed by atoms with Gasteiger partial charge < -0.3 is 9.84 Å². The van der Waals surface area contributed by atoms with E-state index >= 15 is 0 Å². The molecule has 0 amide bonds. The fraction of sp³-hybridized carbons (Fsp3) is 0.962. The average molecular weight is 413 g/mol. The van der Waals surface area contributed by atoms with E-state index in [1.807, 2.05) is 0 Å². The Balaban J connectivity index is 3.06. The molecule has 1 unspecified atom stereocenters. The van der Waals surface area contributed by atoms with Gasteiger partial charge in [0.1, 0.15) is 0 Å². The normalized spacial score (nSPS) is 12.2. The molecule has 0 radical (unpaired) electrons. The van der Waals surface area contributed by atoms with Crippen LogP contribution in [0.15, 0.2) is 0 Å². The first-order valence-electron chi connectivity index (χ1n) is 13.0. The molecule has 0 aromatic rings. The minimum Gasteiger partial charge on any atom is -0.436 e. The van der Waals surface area contributed by atoms with Gasteiger partial charge in [0.2, 0.25) is 6.29 Å². The van der Waals surface area contributed by atoms with Crippen LogP contribution in [0.5, 0.6) is 0 Å². The molecule has 0 fully saturated rings. The van der Waals surface area contributed by atoms with E-state index in [4.69, 9.17) is 4.74 Å². The third-order valence-corrected chi connectivity index (χ3v) is 5.86. The molecule has 1 atom stereocenters. The number of rotatable bonds is 23. The lowest BCUT2D eigenvalue weighted by molar-refractivity contribution is -0.165. The van der Waals surface area contributed by atoms with Crippen molar-refractivity contribution in [1.29, 1.82) is 0 Å². The predicted molar refractivity (Wildman–Crippen MR) is 125 cm³/mol. The SMILES string of the molecule is CCCCCCCCCCCCCCCCCCCCCCCC(O)OC(C)=O. The monoisotopic (exact) mass is 412 g/mol. The fourth-order valence-electron chi connectivity index (χ4n) is 4.00. The van der Waals surface area contributed by atoms with E-state index in [0.717, 1.165) is 12.8 Å². The summed E-state index contributed by atoms with van der Waals surface area (Å²) in [4.78, 5) is 10.7. The Morgan fingerprint density at radius 3 is 1.14 bits per heavy atom. The Bertz CT molecular complexity index is 330. The van der Waals surface area contributed by atoms with Gasteiger partial charge in [0, 0.05) is 13.3 Å². The minimum absolute atomic E-state index is 0.402. The van der Waals surface area contributed by atoms with Crippen molar-refractivity contribution in [1.82, 2.24) is 0 Å². The number of esters is 1. The van der Waals surface area contributed by atoms with Gasteiger partial charge in [-0.2, -0.15) is 0 Å². The van der Waals surface area contributed by atoms with E-state index < -0.39 is 12.3 Å². The van der Waals surface area contributed by atoms with E-state index in [9.17, 15) is 9.90 Å². The van der Waals surface area contributed by atoms with Crippen molar-refractivity contribution in [2.75, 3.05) is 0 Å². The first-order chi connectivity index (χ1) is 14.2. The van der Waals surface area contributed by atoms with Crippen LogP contribution < -0.4 is 0 Å². The van der Waals surface area contributed by atoms with Crippen LogP contribution in [0.25, 0.3) is 0 Å². The smallest absolute Gasteiger partial charge is 0.304 e. The maximum Gasteiger partial charge on any atom is 0.304 e. The van der Waals surface area contributed by atoms with Crippen molar-refractivity contribution >= 4 is 5.97 Å². The second-order valence-corrected chi connectivity index (χ2v) is 8.92. The number of hydrogen-bond donors (Lipinski definition) is 1. The molecule has 0 aromatic heterocycles. The topological polar surface area (TPSA) is 46.5 Å². The van der Waals surface area contributed by atoms with Gasteiger partial charge in [-0.25, -0.2) is 0 Å². The first kappa shape index (κ1) is 28.4. The highest BCUT2D eigenvalue weighted by atomic mass is 16.6. The number of unbranched alkanes of at least 4 members (excludes halogenated alkanes) is 20. The fourth-order valence-corrected chi connectivity index (χ4v) is 4.00. The lowest BCUT2D eigenvalue weighted by atomic mass is 10.0. The quantitative estimate of drug-likeness (QED) is 0.104. The van der Waals surface area contributed by atoms with E-state index in [-0.39, 0.29) is 0 Å². The van der Waals surface area contributed by atoms with Crippen molar-refractivity contribution in [3.05, 3.63) is 0 Å². The number of ether oxygens (including phenoxy) is 1. The van der Waals surface area contributed by atoms with Crippen LogP contribution in [0.2, 0.25) is 0 Å². The standard InChI is InChI=1S/C26H52O3/c1-3-4-5-6-7-8-9-10-11-12-13-14-15-16-17-18-19-20-21-22-23-24-26(28)29-25(2)27/h26,28H,3-24H2,1-2H3. The molecule has 0 aliphatic rings. The zero-order chi connectivity index (χ0) is 21.4. The van der Waals surface area contributed by atoms with Crippen LogP contribution in [-0.2, 0) is 9.53 Å². The molecule has 1 N–H and O–H groups in total. The minimum atomic E-state index is -0.909. The van der Waals surface area contributed by atoms with Crippen molar-refractivity contribution in [2.45, 2.75) is 161 Å². The van der Waals surface area contributed by atoms with Gasteiger partial charge in [-0.3, -0.25) is 4.79 Å². The van der Waals surface area contributed by atoms with E-state index in [0.29, 0.717) is 6.42 Å². The van der Waals surface area contributed by atoms with Gasteiger partial charge in [-0.1, -0.05) is 135 Å². The molecule has 0 aromatic carbocycles. The summed E-state index contributed by atoms with van der Waals surface area (Å²) >= 11 is 0. The second-order valence-electron chi connectivity index (χ2n) is 8.92. The van der Waals surface area contributed by atoms with Crippen LogP contribution in [0.1, 0.15) is 155 Å². The molecule has 0 aliphatic carbocycles. The highest BCUT2D eigenvalue weighted by molar-refractivity contribution is 5.65. The molecule has 0 aliphatic heterocycles. The van der Waals surface area contributed by atoms with Crippen LogP contribution in [0, 0.1) is 0 Å². The van der Waals surface area contributed by atoms with E-state index in [2.05, 4.69) is 6.92 Å². The zero-order valence-electron chi connectivity index (χ0n) is 19.9. The average Bonchev–Trinajstić information content (AvgIpc) is 2.68. The third-order valence-electron chi connectivity index (χ3n) is 5.86. The zero-order valence-corrected chi connectivity index (χ0v) is 19.9. The lowest BCUT2D eigenvalue weighted by Crippen LogP contribution is -2.14. The summed E-state index contributed by atoms with van der Waals surface area (Å²) in [5.41, 5.74) is 0. The summed E-state index contributed by atoms with van der Waals surface area (Å²) in [6.45, 7) is 3.62. The molecular formula is C26H52O3. The molecule has 29 heavy (non-hydrogen) atoms. The summed E-state index contributed by atoms with van der Waals surface area (Å²) in [5, 5.41) is 9.44. The van der Waals surface area contributed by atoms with Gasteiger partial charge in [-0.05, 0) is 6.42 Å². The summed E-state index contributed by atoms with van der Waals surface area (Å²) < 4.78 is 4.71. The van der Waals surface area contributed by atoms with Crippen molar-refractivity contribution < 1.29 is 14.6 Å². The maximum atomic E-state index is 10.7. The van der Waals surface area contributed by atoms with Gasteiger partial charge in [0.05, 0.1) is 0 Å². The first-order valence-corrected chi connectivity index (χ1v) is 13.0. The Morgan fingerprint density at radius 2 is 0.862 bits per heavy atom. The second kappa shape index (κ2) is 23.7. The van der Waals surface area contributed by atoms with E-state index in [1.165, 1.54) is 129 Å². The van der Waals surface area contributed by atoms with Crippen molar-refractivity contribution in [3.8, 4) is 0 Å².